The fourth-order valence-corrected chi connectivity index (χ4v) is 11.4. The van der Waals surface area contributed by atoms with Crippen molar-refractivity contribution in [2.24, 2.45) is 23.7 Å². The molecule has 4 saturated heterocycles. The van der Waals surface area contributed by atoms with Crippen molar-refractivity contribution >= 4 is 58.8 Å². The van der Waals surface area contributed by atoms with Gasteiger partial charge in [0.25, 0.3) is 0 Å². The molecule has 8 unspecified atom stereocenters. The third-order valence-electron chi connectivity index (χ3n) is 8.10. The SMILES string of the molecule is C1C(CC2CS2)CC(SC2CC(CC3CS3)CC(CC3CS3)C2)CC1CC1CS1. The summed E-state index contributed by atoms with van der Waals surface area (Å²) in [4.78, 5) is 0. The zero-order chi connectivity index (χ0) is 19.2. The van der Waals surface area contributed by atoms with Crippen LogP contribution in [0.25, 0.3) is 0 Å². The first-order chi connectivity index (χ1) is 14.2. The fraction of sp³-hybridized carbons (Fsp3) is 1.00. The van der Waals surface area contributed by atoms with Crippen molar-refractivity contribution in [2.75, 3.05) is 23.0 Å². The number of hydrogen-bond donors (Lipinski definition) is 0. The van der Waals surface area contributed by atoms with Gasteiger partial charge in [-0.3, -0.25) is 0 Å². The Morgan fingerprint density at radius 3 is 0.966 bits per heavy atom. The fourth-order valence-electron chi connectivity index (χ4n) is 6.58. The van der Waals surface area contributed by atoms with Crippen LogP contribution in [-0.4, -0.2) is 54.5 Å². The Kier molecular flexibility index (Phi) is 7.01. The van der Waals surface area contributed by atoms with Gasteiger partial charge in [-0.25, -0.2) is 0 Å². The minimum atomic E-state index is 1.00. The van der Waals surface area contributed by atoms with Gasteiger partial charge in [0.1, 0.15) is 0 Å². The van der Waals surface area contributed by atoms with E-state index in [4.69, 9.17) is 0 Å². The summed E-state index contributed by atoms with van der Waals surface area (Å²) in [6.45, 7) is 0. The maximum absolute atomic E-state index is 2.52. The highest BCUT2D eigenvalue weighted by atomic mass is 32.2. The van der Waals surface area contributed by atoms with E-state index in [1.807, 2.05) is 0 Å². The smallest absolute Gasteiger partial charge is 0.0141 e. The van der Waals surface area contributed by atoms with Crippen LogP contribution in [0.1, 0.15) is 64.2 Å². The molecule has 0 bridgehead atoms. The van der Waals surface area contributed by atoms with E-state index in [2.05, 4.69) is 58.8 Å². The molecular formula is C24H38S5. The Morgan fingerprint density at radius 2 is 0.724 bits per heavy atom. The van der Waals surface area contributed by atoms with E-state index >= 15 is 0 Å². The predicted octanol–water partition coefficient (Wildman–Crippen LogP) is 7.31. The summed E-state index contributed by atoms with van der Waals surface area (Å²) < 4.78 is 0. The predicted molar refractivity (Wildman–Crippen MR) is 140 cm³/mol. The lowest BCUT2D eigenvalue weighted by Gasteiger charge is -2.40. The third-order valence-corrected chi connectivity index (χ3v) is 13.6. The van der Waals surface area contributed by atoms with Gasteiger partial charge >= 0.3 is 0 Å². The molecule has 0 aromatic carbocycles. The van der Waals surface area contributed by atoms with Crippen LogP contribution in [0.4, 0.5) is 0 Å². The maximum atomic E-state index is 2.52. The molecule has 0 nitrogen and oxygen atoms in total. The first kappa shape index (κ1) is 21.3. The van der Waals surface area contributed by atoms with Crippen LogP contribution in [-0.2, 0) is 0 Å². The molecule has 4 aliphatic heterocycles. The van der Waals surface area contributed by atoms with E-state index in [9.17, 15) is 0 Å². The Balaban J connectivity index is 1.07. The molecule has 0 N–H and O–H groups in total. The maximum Gasteiger partial charge on any atom is 0.0141 e. The van der Waals surface area contributed by atoms with Crippen LogP contribution in [0, 0.1) is 23.7 Å². The molecule has 2 saturated carbocycles. The number of hydrogen-bond acceptors (Lipinski definition) is 5. The summed E-state index contributed by atoms with van der Waals surface area (Å²) in [5, 5.41) is 6.21. The third kappa shape index (κ3) is 6.87. The Labute approximate surface area is 200 Å². The van der Waals surface area contributed by atoms with E-state index in [1.54, 1.807) is 64.2 Å². The molecule has 0 spiro atoms. The lowest BCUT2D eigenvalue weighted by molar-refractivity contribution is 0.246. The van der Waals surface area contributed by atoms with Gasteiger partial charge in [-0.05, 0) is 87.9 Å². The summed E-state index contributed by atoms with van der Waals surface area (Å²) in [5.74, 6) is 10.2. The van der Waals surface area contributed by atoms with Gasteiger partial charge in [0.2, 0.25) is 0 Å². The van der Waals surface area contributed by atoms with Crippen molar-refractivity contribution < 1.29 is 0 Å². The summed E-state index contributed by atoms with van der Waals surface area (Å²) in [7, 11) is 0. The number of thioether (sulfide) groups is 5. The standard InChI is InChI=1S/C24H38S5/c1-15(7-21-11-25-21)3-19(4-16(1)8-22-12-26-22)29-20-5-17(9-23-13-27-23)2-18(6-20)10-24-14-28-24/h15-24H,1-14H2. The summed E-state index contributed by atoms with van der Waals surface area (Å²) in [6.07, 6.45) is 15.7. The molecule has 6 rings (SSSR count). The summed E-state index contributed by atoms with van der Waals surface area (Å²) >= 11 is 11.5. The van der Waals surface area contributed by atoms with Crippen molar-refractivity contribution in [3.63, 3.8) is 0 Å². The van der Waals surface area contributed by atoms with Gasteiger partial charge < -0.3 is 0 Å². The average molecular weight is 487 g/mol. The summed E-state index contributed by atoms with van der Waals surface area (Å²) in [6, 6.07) is 0. The molecular weight excluding hydrogens is 449 g/mol. The molecule has 29 heavy (non-hydrogen) atoms. The first-order valence-corrected chi connectivity index (χ1v) is 17.5. The molecule has 164 valence electrons. The molecule has 0 radical (unpaired) electrons. The Bertz CT molecular complexity index is 461. The Hall–Kier alpha value is 1.75. The van der Waals surface area contributed by atoms with Crippen LogP contribution < -0.4 is 0 Å². The van der Waals surface area contributed by atoms with Crippen molar-refractivity contribution in [1.29, 1.82) is 0 Å². The largest absolute Gasteiger partial charge is 0.157 e. The van der Waals surface area contributed by atoms with Crippen molar-refractivity contribution in [2.45, 2.75) is 95.7 Å². The quantitative estimate of drug-likeness (QED) is 0.296. The first-order valence-electron chi connectivity index (χ1n) is 12.4. The molecule has 2 aliphatic carbocycles. The van der Waals surface area contributed by atoms with Crippen LogP contribution in [0.15, 0.2) is 0 Å². The van der Waals surface area contributed by atoms with Gasteiger partial charge in [0.15, 0.2) is 0 Å². The van der Waals surface area contributed by atoms with Crippen molar-refractivity contribution in [3.05, 3.63) is 0 Å². The minimum absolute atomic E-state index is 1.00. The van der Waals surface area contributed by atoms with Crippen LogP contribution in [0.3, 0.4) is 0 Å². The zero-order valence-electron chi connectivity index (χ0n) is 17.7. The second-order valence-electron chi connectivity index (χ2n) is 11.0. The second kappa shape index (κ2) is 9.55. The second-order valence-corrected chi connectivity index (χ2v) is 18.0. The van der Waals surface area contributed by atoms with Gasteiger partial charge in [0, 0.05) is 54.5 Å². The highest BCUT2D eigenvalue weighted by molar-refractivity contribution is 8.07. The molecule has 5 heteroatoms. The number of rotatable bonds is 10. The lowest BCUT2D eigenvalue weighted by atomic mass is 9.77. The van der Waals surface area contributed by atoms with Crippen molar-refractivity contribution in [1.82, 2.24) is 0 Å². The summed E-state index contributed by atoms with van der Waals surface area (Å²) in [5.41, 5.74) is 0. The normalized spacial score (nSPS) is 50.9. The van der Waals surface area contributed by atoms with E-state index in [-0.39, 0.29) is 0 Å². The van der Waals surface area contributed by atoms with E-state index in [0.29, 0.717) is 0 Å². The molecule has 0 aromatic rings. The monoisotopic (exact) mass is 486 g/mol. The van der Waals surface area contributed by atoms with E-state index in [0.717, 1.165) is 55.2 Å². The topological polar surface area (TPSA) is 0 Å². The van der Waals surface area contributed by atoms with E-state index < -0.39 is 0 Å². The Morgan fingerprint density at radius 1 is 0.448 bits per heavy atom. The minimum Gasteiger partial charge on any atom is -0.157 e. The van der Waals surface area contributed by atoms with E-state index in [1.165, 1.54) is 23.0 Å². The average Bonchev–Trinajstić information content (AvgIpc) is 3.49. The highest BCUT2D eigenvalue weighted by Gasteiger charge is 2.40. The molecule has 0 aromatic heterocycles. The van der Waals surface area contributed by atoms with Gasteiger partial charge in [-0.15, -0.1) is 0 Å². The van der Waals surface area contributed by atoms with Crippen LogP contribution >= 0.6 is 58.8 Å². The molecule has 6 aliphatic rings. The van der Waals surface area contributed by atoms with Crippen LogP contribution in [0.2, 0.25) is 0 Å². The molecule has 8 atom stereocenters. The molecule has 4 heterocycles. The molecule has 0 amide bonds. The molecule has 6 fully saturated rings. The van der Waals surface area contributed by atoms with Crippen LogP contribution in [0.5, 0.6) is 0 Å². The van der Waals surface area contributed by atoms with Gasteiger partial charge in [-0.1, -0.05) is 0 Å². The zero-order valence-corrected chi connectivity index (χ0v) is 21.8. The van der Waals surface area contributed by atoms with Crippen molar-refractivity contribution in [3.8, 4) is 0 Å². The lowest BCUT2D eigenvalue weighted by Crippen LogP contribution is -2.31. The highest BCUT2D eigenvalue weighted by Crippen LogP contribution is 2.51. The van der Waals surface area contributed by atoms with Gasteiger partial charge in [0.05, 0.1) is 0 Å². The van der Waals surface area contributed by atoms with Gasteiger partial charge in [-0.2, -0.15) is 58.8 Å².